The van der Waals surface area contributed by atoms with Gasteiger partial charge in [0.15, 0.2) is 0 Å². The molecule has 20 heavy (non-hydrogen) atoms. The van der Waals surface area contributed by atoms with Crippen molar-refractivity contribution in [2.24, 2.45) is 0 Å². The van der Waals surface area contributed by atoms with Gasteiger partial charge in [0.2, 0.25) is 0 Å². The van der Waals surface area contributed by atoms with Crippen molar-refractivity contribution < 1.29 is 9.18 Å². The van der Waals surface area contributed by atoms with Crippen molar-refractivity contribution in [1.29, 1.82) is 0 Å². The number of carbonyl (C=O) groups is 1. The molecule has 0 radical (unpaired) electrons. The molecule has 0 fully saturated rings. The first-order valence-electron chi connectivity index (χ1n) is 6.37. The average molecular weight is 276 g/mol. The fraction of sp³-hybridized carbons (Fsp3) is 0.286. The summed E-state index contributed by atoms with van der Waals surface area (Å²) in [7, 11) is 1.70. The van der Waals surface area contributed by atoms with Crippen LogP contribution in [0.2, 0.25) is 0 Å². The molecule has 0 aliphatic heterocycles. The van der Waals surface area contributed by atoms with Gasteiger partial charge < -0.3 is 15.2 Å². The highest BCUT2D eigenvalue weighted by molar-refractivity contribution is 5.73. The molecule has 0 aliphatic carbocycles. The number of H-pyrrole nitrogens is 1. The van der Waals surface area contributed by atoms with E-state index in [0.29, 0.717) is 19.5 Å². The molecule has 0 bridgehead atoms. The highest BCUT2D eigenvalue weighted by Crippen LogP contribution is 2.03. The van der Waals surface area contributed by atoms with E-state index in [1.807, 2.05) is 0 Å². The molecule has 1 heterocycles. The lowest BCUT2D eigenvalue weighted by Gasteiger charge is -2.16. The molecular weight excluding hydrogens is 259 g/mol. The molecule has 0 spiro atoms. The molecule has 2 rings (SSSR count). The smallest absolute Gasteiger partial charge is 0.317 e. The zero-order valence-electron chi connectivity index (χ0n) is 11.3. The number of nitrogens with zero attached hydrogens (tertiary/aromatic N) is 2. The minimum absolute atomic E-state index is 0.163. The number of imidazole rings is 1. The van der Waals surface area contributed by atoms with Crippen LogP contribution in [0.1, 0.15) is 11.4 Å². The number of hydrogen-bond acceptors (Lipinski definition) is 2. The van der Waals surface area contributed by atoms with Crippen molar-refractivity contribution in [3.05, 3.63) is 53.9 Å². The summed E-state index contributed by atoms with van der Waals surface area (Å²) in [6.07, 6.45) is 4.03. The van der Waals surface area contributed by atoms with E-state index in [9.17, 15) is 9.18 Å². The van der Waals surface area contributed by atoms with Gasteiger partial charge in [-0.3, -0.25) is 0 Å². The maximum Gasteiger partial charge on any atom is 0.317 e. The number of nitrogens with one attached hydrogen (secondary N) is 2. The molecule has 1 aromatic carbocycles. The Balaban J connectivity index is 1.73. The van der Waals surface area contributed by atoms with Crippen LogP contribution in [-0.2, 0) is 13.0 Å². The summed E-state index contributed by atoms with van der Waals surface area (Å²) < 4.78 is 12.7. The van der Waals surface area contributed by atoms with Gasteiger partial charge in [-0.05, 0) is 24.1 Å². The summed E-state index contributed by atoms with van der Waals surface area (Å²) in [5, 5.41) is 2.81. The topological polar surface area (TPSA) is 61.0 Å². The van der Waals surface area contributed by atoms with Gasteiger partial charge in [0.05, 0.1) is 6.54 Å². The van der Waals surface area contributed by atoms with Crippen LogP contribution in [0.4, 0.5) is 9.18 Å². The zero-order valence-corrected chi connectivity index (χ0v) is 11.3. The third-order valence-corrected chi connectivity index (χ3v) is 2.89. The Hall–Kier alpha value is -2.37. The minimum Gasteiger partial charge on any atom is -0.347 e. The molecule has 0 aliphatic rings. The van der Waals surface area contributed by atoms with E-state index in [2.05, 4.69) is 15.3 Å². The summed E-state index contributed by atoms with van der Waals surface area (Å²) in [6.45, 7) is 0.933. The Morgan fingerprint density at radius 3 is 2.80 bits per heavy atom. The quantitative estimate of drug-likeness (QED) is 0.876. The minimum atomic E-state index is -0.254. The van der Waals surface area contributed by atoms with E-state index in [4.69, 9.17) is 0 Å². The monoisotopic (exact) mass is 276 g/mol. The van der Waals surface area contributed by atoms with Gasteiger partial charge in [0.1, 0.15) is 11.6 Å². The summed E-state index contributed by atoms with van der Waals surface area (Å²) in [5.41, 5.74) is 0.986. The van der Waals surface area contributed by atoms with Crippen molar-refractivity contribution in [1.82, 2.24) is 20.2 Å². The van der Waals surface area contributed by atoms with E-state index >= 15 is 0 Å². The van der Waals surface area contributed by atoms with E-state index in [1.54, 1.807) is 36.5 Å². The van der Waals surface area contributed by atoms with Gasteiger partial charge in [0, 0.05) is 26.0 Å². The van der Waals surface area contributed by atoms with Crippen molar-refractivity contribution in [3.63, 3.8) is 0 Å². The van der Waals surface area contributed by atoms with Gasteiger partial charge in [-0.1, -0.05) is 12.1 Å². The summed E-state index contributed by atoms with van der Waals surface area (Å²) in [5.74, 6) is 0.483. The Labute approximate surface area is 116 Å². The summed E-state index contributed by atoms with van der Waals surface area (Å²) in [4.78, 5) is 20.4. The molecule has 0 saturated carbocycles. The second-order valence-corrected chi connectivity index (χ2v) is 4.50. The summed E-state index contributed by atoms with van der Waals surface area (Å²) in [6, 6.07) is 6.10. The van der Waals surface area contributed by atoms with Gasteiger partial charge in [0.25, 0.3) is 0 Å². The fourth-order valence-electron chi connectivity index (χ4n) is 1.78. The number of rotatable bonds is 5. The van der Waals surface area contributed by atoms with Crippen LogP contribution in [0.15, 0.2) is 36.7 Å². The highest BCUT2D eigenvalue weighted by atomic mass is 19.1. The Kier molecular flexibility index (Phi) is 4.70. The molecule has 2 aromatic rings. The molecule has 0 atom stereocenters. The number of benzene rings is 1. The van der Waals surface area contributed by atoms with Gasteiger partial charge in [-0.15, -0.1) is 0 Å². The predicted molar refractivity (Wildman–Crippen MR) is 73.6 cm³/mol. The SMILES string of the molecule is CN(Cc1ncc[nH]1)C(=O)NCCc1ccc(F)cc1. The standard InChI is InChI=1S/C14H17FN4O/c1-19(10-13-16-8-9-17-13)14(20)18-7-6-11-2-4-12(15)5-3-11/h2-5,8-9H,6-7,10H2,1H3,(H,16,17)(H,18,20). The van der Waals surface area contributed by atoms with Crippen molar-refractivity contribution >= 4 is 6.03 Å². The van der Waals surface area contributed by atoms with E-state index < -0.39 is 0 Å². The maximum absolute atomic E-state index is 12.7. The molecule has 5 nitrogen and oxygen atoms in total. The predicted octanol–water partition coefficient (Wildman–Crippen LogP) is 1.93. The molecule has 106 valence electrons. The number of urea groups is 1. The van der Waals surface area contributed by atoms with Gasteiger partial charge >= 0.3 is 6.03 Å². The number of aromatic amines is 1. The van der Waals surface area contributed by atoms with Crippen molar-refractivity contribution in [3.8, 4) is 0 Å². The van der Waals surface area contributed by atoms with Gasteiger partial charge in [-0.25, -0.2) is 14.2 Å². The van der Waals surface area contributed by atoms with Crippen LogP contribution < -0.4 is 5.32 Å². The van der Waals surface area contributed by atoms with E-state index in [-0.39, 0.29) is 11.8 Å². The first kappa shape index (κ1) is 14.0. The Bertz CT molecular complexity index is 539. The number of aromatic nitrogens is 2. The molecule has 2 N–H and O–H groups in total. The highest BCUT2D eigenvalue weighted by Gasteiger charge is 2.09. The molecular formula is C14H17FN4O. The number of carbonyl (C=O) groups excluding carboxylic acids is 1. The van der Waals surface area contributed by atoms with Crippen LogP contribution in [0.25, 0.3) is 0 Å². The first-order valence-corrected chi connectivity index (χ1v) is 6.37. The van der Waals surface area contributed by atoms with Gasteiger partial charge in [-0.2, -0.15) is 0 Å². The van der Waals surface area contributed by atoms with Crippen LogP contribution >= 0.6 is 0 Å². The van der Waals surface area contributed by atoms with Crippen LogP contribution in [0, 0.1) is 5.82 Å². The third-order valence-electron chi connectivity index (χ3n) is 2.89. The molecule has 1 aromatic heterocycles. The Morgan fingerprint density at radius 2 is 2.15 bits per heavy atom. The number of hydrogen-bond donors (Lipinski definition) is 2. The molecule has 0 unspecified atom stereocenters. The number of halogens is 1. The van der Waals surface area contributed by atoms with E-state index in [0.717, 1.165) is 11.4 Å². The normalized spacial score (nSPS) is 10.3. The third kappa shape index (κ3) is 4.08. The lowest BCUT2D eigenvalue weighted by molar-refractivity contribution is 0.206. The maximum atomic E-state index is 12.7. The van der Waals surface area contributed by atoms with Crippen molar-refractivity contribution in [2.75, 3.05) is 13.6 Å². The lowest BCUT2D eigenvalue weighted by Crippen LogP contribution is -2.38. The molecule has 0 saturated heterocycles. The zero-order chi connectivity index (χ0) is 14.4. The van der Waals surface area contributed by atoms with Crippen molar-refractivity contribution in [2.45, 2.75) is 13.0 Å². The van der Waals surface area contributed by atoms with Crippen LogP contribution in [0.5, 0.6) is 0 Å². The number of amides is 2. The second kappa shape index (κ2) is 6.70. The average Bonchev–Trinajstić information content (AvgIpc) is 2.93. The first-order chi connectivity index (χ1) is 9.65. The summed E-state index contributed by atoms with van der Waals surface area (Å²) >= 11 is 0. The largest absolute Gasteiger partial charge is 0.347 e. The molecule has 6 heteroatoms. The van der Waals surface area contributed by atoms with Crippen LogP contribution in [0.3, 0.4) is 0 Å². The lowest BCUT2D eigenvalue weighted by atomic mass is 10.1. The molecule has 2 amide bonds. The van der Waals surface area contributed by atoms with E-state index in [1.165, 1.54) is 12.1 Å². The van der Waals surface area contributed by atoms with Crippen LogP contribution in [-0.4, -0.2) is 34.5 Å². The second-order valence-electron chi connectivity index (χ2n) is 4.50. The fourth-order valence-corrected chi connectivity index (χ4v) is 1.78. The Morgan fingerprint density at radius 1 is 1.40 bits per heavy atom.